The lowest BCUT2D eigenvalue weighted by molar-refractivity contribution is 0.930. The number of aromatic nitrogens is 2. The highest BCUT2D eigenvalue weighted by molar-refractivity contribution is 7.10. The van der Waals surface area contributed by atoms with Gasteiger partial charge in [0, 0.05) is 23.5 Å². The lowest BCUT2D eigenvalue weighted by atomic mass is 10.4. The molecule has 0 saturated carbocycles. The van der Waals surface area contributed by atoms with Gasteiger partial charge in [0.05, 0.1) is 6.54 Å². The summed E-state index contributed by atoms with van der Waals surface area (Å²) in [5.74, 6) is 0. The van der Waals surface area contributed by atoms with Crippen molar-refractivity contribution in [3.8, 4) is 0 Å². The van der Waals surface area contributed by atoms with Crippen molar-refractivity contribution in [1.82, 2.24) is 9.36 Å². The molecule has 0 aliphatic heterocycles. The SMILES string of the molecule is CN(Cc1cccs1)c1ncns1. The van der Waals surface area contributed by atoms with Gasteiger partial charge in [-0.2, -0.15) is 4.37 Å². The molecule has 0 atom stereocenters. The molecule has 2 heterocycles. The Bertz CT molecular complexity index is 341. The van der Waals surface area contributed by atoms with Gasteiger partial charge in [-0.1, -0.05) is 6.07 Å². The fourth-order valence-electron chi connectivity index (χ4n) is 1.04. The van der Waals surface area contributed by atoms with Gasteiger partial charge in [0.2, 0.25) is 5.13 Å². The molecule has 0 radical (unpaired) electrons. The summed E-state index contributed by atoms with van der Waals surface area (Å²) < 4.78 is 3.96. The number of rotatable bonds is 3. The third-order valence-electron chi connectivity index (χ3n) is 1.65. The van der Waals surface area contributed by atoms with Crippen molar-refractivity contribution in [2.24, 2.45) is 0 Å². The predicted octanol–water partition coefficient (Wildman–Crippen LogP) is 2.24. The summed E-state index contributed by atoms with van der Waals surface area (Å²) in [6.45, 7) is 0.910. The number of thiophene rings is 1. The van der Waals surface area contributed by atoms with Gasteiger partial charge < -0.3 is 4.90 Å². The average molecular weight is 211 g/mol. The molecule has 0 aliphatic carbocycles. The Balaban J connectivity index is 2.04. The zero-order valence-electron chi connectivity index (χ0n) is 7.17. The normalized spacial score (nSPS) is 10.2. The van der Waals surface area contributed by atoms with Crippen molar-refractivity contribution in [3.05, 3.63) is 28.7 Å². The Morgan fingerprint density at radius 3 is 3.08 bits per heavy atom. The third kappa shape index (κ3) is 2.05. The van der Waals surface area contributed by atoms with E-state index in [2.05, 4.69) is 31.8 Å². The van der Waals surface area contributed by atoms with Crippen LogP contribution in [0, 0.1) is 0 Å². The van der Waals surface area contributed by atoms with Gasteiger partial charge in [-0.3, -0.25) is 0 Å². The molecule has 0 aromatic carbocycles. The first kappa shape index (κ1) is 8.65. The largest absolute Gasteiger partial charge is 0.345 e. The van der Waals surface area contributed by atoms with Crippen LogP contribution in [0.2, 0.25) is 0 Å². The standard InChI is InChI=1S/C8H9N3S2/c1-11(8-9-6-10-13-8)5-7-3-2-4-12-7/h2-4,6H,5H2,1H3. The lowest BCUT2D eigenvalue weighted by Gasteiger charge is -2.12. The molecule has 0 spiro atoms. The summed E-state index contributed by atoms with van der Waals surface area (Å²) in [4.78, 5) is 7.58. The second-order valence-electron chi connectivity index (χ2n) is 2.66. The first-order valence-corrected chi connectivity index (χ1v) is 5.52. The Kier molecular flexibility index (Phi) is 2.56. The van der Waals surface area contributed by atoms with Crippen LogP contribution in [0.4, 0.5) is 5.13 Å². The molecule has 2 aromatic heterocycles. The minimum atomic E-state index is 0.910. The average Bonchev–Trinajstić information content (AvgIpc) is 2.74. The maximum absolute atomic E-state index is 4.13. The minimum absolute atomic E-state index is 0.910. The Labute approximate surface area is 84.8 Å². The second kappa shape index (κ2) is 3.85. The fourth-order valence-corrected chi connectivity index (χ4v) is 2.28. The van der Waals surface area contributed by atoms with Crippen LogP contribution in [0.5, 0.6) is 0 Å². The summed E-state index contributed by atoms with van der Waals surface area (Å²) in [5, 5.41) is 3.05. The Hall–Kier alpha value is -0.940. The van der Waals surface area contributed by atoms with E-state index in [1.165, 1.54) is 16.4 Å². The van der Waals surface area contributed by atoms with Gasteiger partial charge in [0.1, 0.15) is 6.33 Å². The van der Waals surface area contributed by atoms with Crippen LogP contribution in [0.1, 0.15) is 4.88 Å². The summed E-state index contributed by atoms with van der Waals surface area (Å²) in [6, 6.07) is 4.19. The maximum Gasteiger partial charge on any atom is 0.204 e. The molecule has 0 unspecified atom stereocenters. The summed E-state index contributed by atoms with van der Waals surface area (Å²) >= 11 is 3.19. The van der Waals surface area contributed by atoms with Crippen LogP contribution in [-0.4, -0.2) is 16.4 Å². The van der Waals surface area contributed by atoms with E-state index in [1.54, 1.807) is 17.7 Å². The first-order valence-electron chi connectivity index (χ1n) is 3.86. The number of anilines is 1. The lowest BCUT2D eigenvalue weighted by Crippen LogP contribution is -2.14. The van der Waals surface area contributed by atoms with E-state index in [4.69, 9.17) is 0 Å². The van der Waals surface area contributed by atoms with Crippen LogP contribution < -0.4 is 4.90 Å². The van der Waals surface area contributed by atoms with Crippen LogP contribution >= 0.6 is 22.9 Å². The zero-order chi connectivity index (χ0) is 9.10. The minimum Gasteiger partial charge on any atom is -0.345 e. The van der Waals surface area contributed by atoms with E-state index >= 15 is 0 Å². The summed E-state index contributed by atoms with van der Waals surface area (Å²) in [7, 11) is 2.03. The van der Waals surface area contributed by atoms with E-state index in [1.807, 2.05) is 7.05 Å². The molecule has 2 rings (SSSR count). The quantitative estimate of drug-likeness (QED) is 0.779. The smallest absolute Gasteiger partial charge is 0.204 e. The van der Waals surface area contributed by atoms with E-state index in [0.29, 0.717) is 0 Å². The molecule has 0 bridgehead atoms. The van der Waals surface area contributed by atoms with Gasteiger partial charge in [-0.15, -0.1) is 11.3 Å². The molecular weight excluding hydrogens is 202 g/mol. The molecule has 0 fully saturated rings. The van der Waals surface area contributed by atoms with Crippen LogP contribution in [-0.2, 0) is 6.54 Å². The fraction of sp³-hybridized carbons (Fsp3) is 0.250. The summed E-state index contributed by atoms with van der Waals surface area (Å²) in [6.07, 6.45) is 1.59. The van der Waals surface area contributed by atoms with Crippen molar-refractivity contribution in [3.63, 3.8) is 0 Å². The highest BCUT2D eigenvalue weighted by atomic mass is 32.1. The Morgan fingerprint density at radius 1 is 1.54 bits per heavy atom. The molecule has 68 valence electrons. The molecule has 0 amide bonds. The maximum atomic E-state index is 4.13. The number of nitrogens with zero attached hydrogens (tertiary/aromatic N) is 3. The van der Waals surface area contributed by atoms with E-state index in [-0.39, 0.29) is 0 Å². The van der Waals surface area contributed by atoms with Crippen molar-refractivity contribution >= 4 is 28.0 Å². The van der Waals surface area contributed by atoms with Gasteiger partial charge in [-0.05, 0) is 11.4 Å². The van der Waals surface area contributed by atoms with Crippen LogP contribution in [0.25, 0.3) is 0 Å². The second-order valence-corrected chi connectivity index (χ2v) is 4.45. The Morgan fingerprint density at radius 2 is 2.46 bits per heavy atom. The van der Waals surface area contributed by atoms with Gasteiger partial charge >= 0.3 is 0 Å². The molecule has 3 nitrogen and oxygen atoms in total. The van der Waals surface area contributed by atoms with Crippen molar-refractivity contribution < 1.29 is 0 Å². The highest BCUT2D eigenvalue weighted by Crippen LogP contribution is 2.17. The van der Waals surface area contributed by atoms with Gasteiger partial charge in [-0.25, -0.2) is 4.98 Å². The molecule has 0 N–H and O–H groups in total. The zero-order valence-corrected chi connectivity index (χ0v) is 8.81. The van der Waals surface area contributed by atoms with Gasteiger partial charge in [0.15, 0.2) is 0 Å². The van der Waals surface area contributed by atoms with E-state index < -0.39 is 0 Å². The summed E-state index contributed by atoms with van der Waals surface area (Å²) in [5.41, 5.74) is 0. The molecule has 0 saturated heterocycles. The molecule has 2 aromatic rings. The predicted molar refractivity (Wildman–Crippen MR) is 56.3 cm³/mol. The van der Waals surface area contributed by atoms with E-state index in [0.717, 1.165) is 11.7 Å². The third-order valence-corrected chi connectivity index (χ3v) is 3.29. The highest BCUT2D eigenvalue weighted by Gasteiger charge is 2.04. The number of hydrogen-bond acceptors (Lipinski definition) is 5. The van der Waals surface area contributed by atoms with Crippen molar-refractivity contribution in [2.75, 3.05) is 11.9 Å². The van der Waals surface area contributed by atoms with Crippen molar-refractivity contribution in [1.29, 1.82) is 0 Å². The molecular formula is C8H9N3S2. The monoisotopic (exact) mass is 211 g/mol. The molecule has 0 aliphatic rings. The molecule has 13 heavy (non-hydrogen) atoms. The van der Waals surface area contributed by atoms with Crippen molar-refractivity contribution in [2.45, 2.75) is 6.54 Å². The van der Waals surface area contributed by atoms with Gasteiger partial charge in [0.25, 0.3) is 0 Å². The van der Waals surface area contributed by atoms with Crippen LogP contribution in [0.3, 0.4) is 0 Å². The van der Waals surface area contributed by atoms with Crippen LogP contribution in [0.15, 0.2) is 23.8 Å². The topological polar surface area (TPSA) is 29.0 Å². The van der Waals surface area contributed by atoms with E-state index in [9.17, 15) is 0 Å². The first-order chi connectivity index (χ1) is 6.36. The molecule has 5 heteroatoms. The number of hydrogen-bond donors (Lipinski definition) is 0.